The van der Waals surface area contributed by atoms with E-state index >= 15 is 0 Å². The van der Waals surface area contributed by atoms with E-state index in [2.05, 4.69) is 24.9 Å². The minimum atomic E-state index is -0.462. The average molecular weight is 298 g/mol. The first-order valence-electron chi connectivity index (χ1n) is 6.66. The van der Waals surface area contributed by atoms with Crippen LogP contribution >= 0.6 is 0 Å². The fourth-order valence-corrected chi connectivity index (χ4v) is 2.10. The van der Waals surface area contributed by atoms with Gasteiger partial charge in [0.15, 0.2) is 17.4 Å². The standard InChI is InChI=1S/C14H14N6O2/c1-8(10(21)9-6-4-3-5-7-9)20(2)14-11(15)16-12-13(17-14)19-22-18-12/h3-8H,1-2H3,(H2,15,16,18)/t8-/m1/s1. The summed E-state index contributed by atoms with van der Waals surface area (Å²) in [5.41, 5.74) is 6.99. The van der Waals surface area contributed by atoms with Crippen LogP contribution in [-0.4, -0.2) is 39.2 Å². The minimum Gasteiger partial charge on any atom is -0.381 e. The highest BCUT2D eigenvalue weighted by molar-refractivity contribution is 6.01. The van der Waals surface area contributed by atoms with Gasteiger partial charge in [-0.15, -0.1) is 0 Å². The normalized spacial score (nSPS) is 12.3. The molecule has 0 radical (unpaired) electrons. The molecule has 0 saturated carbocycles. The van der Waals surface area contributed by atoms with Crippen LogP contribution in [0.5, 0.6) is 0 Å². The molecule has 0 aliphatic rings. The first kappa shape index (κ1) is 13.9. The van der Waals surface area contributed by atoms with Gasteiger partial charge in [-0.05, 0) is 17.2 Å². The molecule has 0 bridgehead atoms. The van der Waals surface area contributed by atoms with Gasteiger partial charge in [0.05, 0.1) is 6.04 Å². The van der Waals surface area contributed by atoms with E-state index in [1.807, 2.05) is 18.2 Å². The Labute approximate surface area is 125 Å². The van der Waals surface area contributed by atoms with Crippen molar-refractivity contribution in [2.75, 3.05) is 17.7 Å². The first-order chi connectivity index (χ1) is 10.6. The van der Waals surface area contributed by atoms with E-state index in [1.54, 1.807) is 31.0 Å². The highest BCUT2D eigenvalue weighted by Gasteiger charge is 2.23. The summed E-state index contributed by atoms with van der Waals surface area (Å²) >= 11 is 0. The number of anilines is 2. The lowest BCUT2D eigenvalue weighted by atomic mass is 10.0. The number of nitrogens with two attached hydrogens (primary N) is 1. The van der Waals surface area contributed by atoms with E-state index in [4.69, 9.17) is 5.73 Å². The fourth-order valence-electron chi connectivity index (χ4n) is 2.10. The lowest BCUT2D eigenvalue weighted by Gasteiger charge is -2.25. The topological polar surface area (TPSA) is 111 Å². The molecule has 0 aliphatic heterocycles. The maximum absolute atomic E-state index is 12.5. The van der Waals surface area contributed by atoms with E-state index in [1.165, 1.54) is 0 Å². The van der Waals surface area contributed by atoms with E-state index < -0.39 is 6.04 Å². The summed E-state index contributed by atoms with van der Waals surface area (Å²) in [5, 5.41) is 7.22. The average Bonchev–Trinajstić information content (AvgIpc) is 3.00. The van der Waals surface area contributed by atoms with Gasteiger partial charge in [0, 0.05) is 12.6 Å². The Kier molecular flexibility index (Phi) is 3.42. The third kappa shape index (κ3) is 2.34. The predicted molar refractivity (Wildman–Crippen MR) is 80.4 cm³/mol. The Balaban J connectivity index is 1.92. The maximum atomic E-state index is 12.5. The van der Waals surface area contributed by atoms with Crippen LogP contribution in [0.3, 0.4) is 0 Å². The lowest BCUT2D eigenvalue weighted by Crippen LogP contribution is -2.37. The summed E-state index contributed by atoms with van der Waals surface area (Å²) in [4.78, 5) is 22.5. The van der Waals surface area contributed by atoms with Crippen molar-refractivity contribution in [1.29, 1.82) is 0 Å². The van der Waals surface area contributed by atoms with E-state index in [9.17, 15) is 4.79 Å². The van der Waals surface area contributed by atoms with Gasteiger partial charge >= 0.3 is 0 Å². The molecular weight excluding hydrogens is 284 g/mol. The number of rotatable bonds is 4. The summed E-state index contributed by atoms with van der Waals surface area (Å²) in [7, 11) is 1.73. The molecule has 1 aromatic carbocycles. The van der Waals surface area contributed by atoms with Crippen LogP contribution in [0.2, 0.25) is 0 Å². The number of carbonyl (C=O) groups is 1. The zero-order chi connectivity index (χ0) is 15.7. The van der Waals surface area contributed by atoms with Gasteiger partial charge in [0.25, 0.3) is 0 Å². The predicted octanol–water partition coefficient (Wildman–Crippen LogP) is 1.30. The molecule has 3 aromatic rings. The molecule has 0 unspecified atom stereocenters. The number of nitrogens with zero attached hydrogens (tertiary/aromatic N) is 5. The third-order valence-electron chi connectivity index (χ3n) is 3.47. The van der Waals surface area contributed by atoms with Crippen LogP contribution in [0.25, 0.3) is 11.3 Å². The van der Waals surface area contributed by atoms with Crippen LogP contribution < -0.4 is 10.6 Å². The number of ketones is 1. The Bertz CT molecular complexity index is 817. The molecule has 1 atom stereocenters. The van der Waals surface area contributed by atoms with Crippen molar-refractivity contribution in [2.24, 2.45) is 0 Å². The van der Waals surface area contributed by atoms with E-state index in [0.717, 1.165) is 0 Å². The van der Waals surface area contributed by atoms with Crippen molar-refractivity contribution in [1.82, 2.24) is 20.3 Å². The molecule has 3 rings (SSSR count). The van der Waals surface area contributed by atoms with Gasteiger partial charge in [-0.25, -0.2) is 14.6 Å². The molecule has 22 heavy (non-hydrogen) atoms. The van der Waals surface area contributed by atoms with Crippen molar-refractivity contribution in [3.63, 3.8) is 0 Å². The number of carbonyl (C=O) groups excluding carboxylic acids is 1. The number of fused-ring (bicyclic) bond motifs is 1. The Hall–Kier alpha value is -3.03. The number of nitrogen functional groups attached to an aromatic ring is 1. The van der Waals surface area contributed by atoms with Gasteiger partial charge in [-0.3, -0.25) is 4.79 Å². The van der Waals surface area contributed by atoms with Crippen molar-refractivity contribution >= 4 is 28.7 Å². The van der Waals surface area contributed by atoms with Gasteiger partial charge in [0.2, 0.25) is 11.3 Å². The number of likely N-dealkylation sites (N-methyl/N-ethyl adjacent to an activating group) is 1. The smallest absolute Gasteiger partial charge is 0.245 e. The second-order valence-electron chi connectivity index (χ2n) is 4.86. The van der Waals surface area contributed by atoms with Crippen LogP contribution in [0.15, 0.2) is 35.0 Å². The van der Waals surface area contributed by atoms with Crippen LogP contribution in [0.4, 0.5) is 11.6 Å². The molecule has 0 amide bonds. The fraction of sp³-hybridized carbons (Fsp3) is 0.214. The molecular formula is C14H14N6O2. The van der Waals surface area contributed by atoms with Crippen LogP contribution in [-0.2, 0) is 0 Å². The third-order valence-corrected chi connectivity index (χ3v) is 3.47. The van der Waals surface area contributed by atoms with Gasteiger partial charge < -0.3 is 10.6 Å². The van der Waals surface area contributed by atoms with Gasteiger partial charge in [-0.2, -0.15) is 0 Å². The molecule has 8 heteroatoms. The molecule has 2 N–H and O–H groups in total. The van der Waals surface area contributed by atoms with Crippen molar-refractivity contribution in [2.45, 2.75) is 13.0 Å². The summed E-state index contributed by atoms with van der Waals surface area (Å²) in [6.45, 7) is 1.78. The Morgan fingerprint density at radius 2 is 1.82 bits per heavy atom. The SMILES string of the molecule is C[C@H](C(=O)c1ccccc1)N(C)c1nc2nonc2nc1N. The summed E-state index contributed by atoms with van der Waals surface area (Å²) in [6, 6.07) is 8.58. The number of hydrogen-bond acceptors (Lipinski definition) is 8. The summed E-state index contributed by atoms with van der Waals surface area (Å²) in [5.74, 6) is 0.487. The second kappa shape index (κ2) is 5.40. The van der Waals surface area contributed by atoms with Gasteiger partial charge in [-0.1, -0.05) is 30.3 Å². The van der Waals surface area contributed by atoms with Gasteiger partial charge in [0.1, 0.15) is 0 Å². The first-order valence-corrected chi connectivity index (χ1v) is 6.66. The lowest BCUT2D eigenvalue weighted by molar-refractivity contribution is 0.0966. The number of Topliss-reactive ketones (excluding diaryl/α,β-unsaturated/α-hetero) is 1. The van der Waals surface area contributed by atoms with Crippen molar-refractivity contribution < 1.29 is 9.42 Å². The molecule has 0 aliphatic carbocycles. The molecule has 8 nitrogen and oxygen atoms in total. The monoisotopic (exact) mass is 298 g/mol. The van der Waals surface area contributed by atoms with Crippen LogP contribution in [0.1, 0.15) is 17.3 Å². The highest BCUT2D eigenvalue weighted by Crippen LogP contribution is 2.22. The molecule has 0 spiro atoms. The van der Waals surface area contributed by atoms with Crippen LogP contribution in [0, 0.1) is 0 Å². The second-order valence-corrected chi connectivity index (χ2v) is 4.86. The zero-order valence-corrected chi connectivity index (χ0v) is 12.1. The van der Waals surface area contributed by atoms with E-state index in [-0.39, 0.29) is 22.9 Å². The zero-order valence-electron chi connectivity index (χ0n) is 12.1. The molecule has 2 heterocycles. The molecule has 2 aromatic heterocycles. The summed E-state index contributed by atoms with van der Waals surface area (Å²) in [6.07, 6.45) is 0. The highest BCUT2D eigenvalue weighted by atomic mass is 16.6. The minimum absolute atomic E-state index is 0.0392. The Morgan fingerprint density at radius 3 is 2.50 bits per heavy atom. The number of hydrogen-bond donors (Lipinski definition) is 1. The maximum Gasteiger partial charge on any atom is 0.245 e. The summed E-state index contributed by atoms with van der Waals surface area (Å²) < 4.78 is 4.57. The molecule has 0 fully saturated rings. The van der Waals surface area contributed by atoms with Crippen molar-refractivity contribution in [3.8, 4) is 0 Å². The largest absolute Gasteiger partial charge is 0.381 e. The number of benzene rings is 1. The molecule has 0 saturated heterocycles. The van der Waals surface area contributed by atoms with E-state index in [0.29, 0.717) is 11.4 Å². The number of aromatic nitrogens is 4. The van der Waals surface area contributed by atoms with Crippen molar-refractivity contribution in [3.05, 3.63) is 35.9 Å². The Morgan fingerprint density at radius 1 is 1.18 bits per heavy atom. The molecule has 112 valence electrons. The quantitative estimate of drug-likeness (QED) is 0.717.